The lowest BCUT2D eigenvalue weighted by Crippen LogP contribution is -2.31. The van der Waals surface area contributed by atoms with Crippen molar-refractivity contribution in [2.24, 2.45) is 0 Å². The topological polar surface area (TPSA) is 32.3 Å². The number of nitrogens with zero attached hydrogens (tertiary/aromatic N) is 4. The Morgan fingerprint density at radius 2 is 2.05 bits per heavy atom. The molecule has 0 fully saturated rings. The number of aromatic nitrogens is 2. The van der Waals surface area contributed by atoms with E-state index < -0.39 is 0 Å². The van der Waals surface area contributed by atoms with E-state index in [0.717, 1.165) is 25.3 Å². The average molecular weight is 294 g/mol. The van der Waals surface area contributed by atoms with Crippen molar-refractivity contribution in [1.29, 1.82) is 0 Å². The van der Waals surface area contributed by atoms with E-state index in [4.69, 9.17) is 0 Å². The van der Waals surface area contributed by atoms with Gasteiger partial charge in [-0.05, 0) is 31.0 Å². The zero-order chi connectivity index (χ0) is 15.1. The Morgan fingerprint density at radius 1 is 1.18 bits per heavy atom. The summed E-state index contributed by atoms with van der Waals surface area (Å²) in [6.45, 7) is 2.03. The summed E-state index contributed by atoms with van der Waals surface area (Å²) in [5.74, 6) is 1.11. The maximum Gasteiger partial charge on any atom is 0.137 e. The molecule has 1 aromatic carbocycles. The number of hydrogen-bond donors (Lipinski definition) is 0. The fraction of sp³-hybridized carbons (Fsp3) is 0.444. The summed E-state index contributed by atoms with van der Waals surface area (Å²) in [7, 11) is 4.36. The van der Waals surface area contributed by atoms with Gasteiger partial charge in [-0.2, -0.15) is 0 Å². The van der Waals surface area contributed by atoms with Crippen LogP contribution in [0.15, 0.2) is 30.6 Å². The van der Waals surface area contributed by atoms with Gasteiger partial charge in [0, 0.05) is 32.1 Å². The first kappa shape index (κ1) is 13.7. The Balaban J connectivity index is 1.71. The molecule has 1 aliphatic carbocycles. The molecule has 0 saturated heterocycles. The van der Waals surface area contributed by atoms with Gasteiger partial charge in [-0.25, -0.2) is 9.97 Å². The second-order valence-electron chi connectivity index (χ2n) is 6.47. The molecule has 0 saturated carbocycles. The number of benzene rings is 1. The summed E-state index contributed by atoms with van der Waals surface area (Å²) in [6.07, 6.45) is 5.09. The highest BCUT2D eigenvalue weighted by Crippen LogP contribution is 2.38. The Kier molecular flexibility index (Phi) is 3.34. The lowest BCUT2D eigenvalue weighted by Gasteiger charge is -2.32. The van der Waals surface area contributed by atoms with Gasteiger partial charge in [0.25, 0.3) is 0 Å². The van der Waals surface area contributed by atoms with E-state index in [1.165, 1.54) is 35.2 Å². The third-order valence-corrected chi connectivity index (χ3v) is 5.07. The van der Waals surface area contributed by atoms with Crippen molar-refractivity contribution in [2.45, 2.75) is 31.8 Å². The Hall–Kier alpha value is -1.94. The molecule has 2 aliphatic rings. The third kappa shape index (κ3) is 2.18. The van der Waals surface area contributed by atoms with Crippen LogP contribution in [0, 0.1) is 0 Å². The second kappa shape index (κ2) is 5.36. The molecule has 22 heavy (non-hydrogen) atoms. The Bertz CT molecular complexity index is 697. The first-order valence-corrected chi connectivity index (χ1v) is 8.06. The van der Waals surface area contributed by atoms with Gasteiger partial charge in [0.2, 0.25) is 0 Å². The average Bonchev–Trinajstić information content (AvgIpc) is 2.97. The van der Waals surface area contributed by atoms with Crippen LogP contribution in [0.3, 0.4) is 0 Å². The Labute approximate surface area is 131 Å². The summed E-state index contributed by atoms with van der Waals surface area (Å²) in [4.78, 5) is 13.9. The van der Waals surface area contributed by atoms with E-state index in [1.807, 2.05) is 0 Å². The monoisotopic (exact) mass is 294 g/mol. The minimum absolute atomic E-state index is 0.433. The molecule has 114 valence electrons. The number of rotatable bonds is 2. The normalized spacial score (nSPS) is 20.5. The van der Waals surface area contributed by atoms with Crippen molar-refractivity contribution in [3.8, 4) is 0 Å². The van der Waals surface area contributed by atoms with Crippen LogP contribution in [0.1, 0.15) is 34.8 Å². The zero-order valence-corrected chi connectivity index (χ0v) is 13.3. The quantitative estimate of drug-likeness (QED) is 0.852. The van der Waals surface area contributed by atoms with Crippen LogP contribution in [0.25, 0.3) is 0 Å². The van der Waals surface area contributed by atoms with Gasteiger partial charge in [-0.3, -0.25) is 0 Å². The van der Waals surface area contributed by atoms with Crippen molar-refractivity contribution in [2.75, 3.05) is 25.5 Å². The fourth-order valence-electron chi connectivity index (χ4n) is 3.85. The van der Waals surface area contributed by atoms with Crippen molar-refractivity contribution < 1.29 is 0 Å². The molecular formula is C18H22N4. The molecule has 0 amide bonds. The van der Waals surface area contributed by atoms with Crippen LogP contribution >= 0.6 is 0 Å². The molecule has 0 radical (unpaired) electrons. The standard InChI is InChI=1S/C18H22N4/c1-21-10-9-16-15(11-21)18(20-12-19-16)22(2)17-8-7-13-5-3-4-6-14(13)17/h3-6,12,17H,7-11H2,1-2H3/t17-/m0/s1. The highest BCUT2D eigenvalue weighted by molar-refractivity contribution is 5.52. The van der Waals surface area contributed by atoms with Crippen molar-refractivity contribution in [1.82, 2.24) is 14.9 Å². The van der Waals surface area contributed by atoms with Crippen LogP contribution in [-0.4, -0.2) is 35.5 Å². The van der Waals surface area contributed by atoms with E-state index in [2.05, 4.69) is 58.1 Å². The maximum atomic E-state index is 4.63. The molecule has 0 unspecified atom stereocenters. The van der Waals surface area contributed by atoms with Gasteiger partial charge >= 0.3 is 0 Å². The predicted molar refractivity (Wildman–Crippen MR) is 88.0 cm³/mol. The minimum Gasteiger partial charge on any atom is -0.352 e. The molecule has 1 aliphatic heterocycles. The van der Waals surface area contributed by atoms with Crippen molar-refractivity contribution in [3.05, 3.63) is 53.0 Å². The summed E-state index contributed by atoms with van der Waals surface area (Å²) >= 11 is 0. The van der Waals surface area contributed by atoms with E-state index in [9.17, 15) is 0 Å². The molecule has 0 spiro atoms. The lowest BCUT2D eigenvalue weighted by molar-refractivity contribution is 0.309. The zero-order valence-electron chi connectivity index (χ0n) is 13.3. The van der Waals surface area contributed by atoms with Crippen LogP contribution in [0.2, 0.25) is 0 Å². The molecule has 2 aromatic rings. The summed E-state index contributed by atoms with van der Waals surface area (Å²) < 4.78 is 0. The lowest BCUT2D eigenvalue weighted by atomic mass is 10.0. The van der Waals surface area contributed by atoms with Crippen molar-refractivity contribution in [3.63, 3.8) is 0 Å². The van der Waals surface area contributed by atoms with E-state index >= 15 is 0 Å². The van der Waals surface area contributed by atoms with Gasteiger partial charge < -0.3 is 9.80 Å². The summed E-state index contributed by atoms with van der Waals surface area (Å²) in [5, 5.41) is 0. The molecule has 4 heteroatoms. The third-order valence-electron chi connectivity index (χ3n) is 5.07. The van der Waals surface area contributed by atoms with Crippen LogP contribution in [0.4, 0.5) is 5.82 Å². The molecule has 4 rings (SSSR count). The summed E-state index contributed by atoms with van der Waals surface area (Å²) in [6, 6.07) is 9.24. The SMILES string of the molecule is CN1CCc2ncnc(N(C)[C@H]3CCc4ccccc43)c2C1. The largest absolute Gasteiger partial charge is 0.352 e. The first-order chi connectivity index (χ1) is 10.7. The van der Waals surface area contributed by atoms with Crippen LogP contribution in [0.5, 0.6) is 0 Å². The maximum absolute atomic E-state index is 4.63. The van der Waals surface area contributed by atoms with E-state index in [1.54, 1.807) is 6.33 Å². The second-order valence-corrected chi connectivity index (χ2v) is 6.47. The smallest absolute Gasteiger partial charge is 0.137 e. The number of hydrogen-bond acceptors (Lipinski definition) is 4. The molecular weight excluding hydrogens is 272 g/mol. The molecule has 4 nitrogen and oxygen atoms in total. The van der Waals surface area contributed by atoms with E-state index in [-0.39, 0.29) is 0 Å². The highest BCUT2D eigenvalue weighted by Gasteiger charge is 2.29. The van der Waals surface area contributed by atoms with Crippen LogP contribution in [-0.2, 0) is 19.4 Å². The van der Waals surface area contributed by atoms with Crippen LogP contribution < -0.4 is 4.90 Å². The minimum atomic E-state index is 0.433. The summed E-state index contributed by atoms with van der Waals surface area (Å²) in [5.41, 5.74) is 5.48. The van der Waals surface area contributed by atoms with Gasteiger partial charge in [-0.15, -0.1) is 0 Å². The Morgan fingerprint density at radius 3 is 2.95 bits per heavy atom. The molecule has 0 N–H and O–H groups in total. The van der Waals surface area contributed by atoms with Gasteiger partial charge in [0.15, 0.2) is 0 Å². The van der Waals surface area contributed by atoms with Crippen molar-refractivity contribution >= 4 is 5.82 Å². The van der Waals surface area contributed by atoms with Gasteiger partial charge in [-0.1, -0.05) is 24.3 Å². The molecule has 1 atom stereocenters. The molecule has 2 heterocycles. The van der Waals surface area contributed by atoms with Gasteiger partial charge in [0.05, 0.1) is 11.7 Å². The number of fused-ring (bicyclic) bond motifs is 2. The van der Waals surface area contributed by atoms with Gasteiger partial charge in [0.1, 0.15) is 12.1 Å². The number of aryl methyl sites for hydroxylation is 1. The predicted octanol–water partition coefficient (Wildman–Crippen LogP) is 2.59. The highest BCUT2D eigenvalue weighted by atomic mass is 15.2. The number of likely N-dealkylation sites (N-methyl/N-ethyl adjacent to an activating group) is 1. The molecule has 0 bridgehead atoms. The molecule has 1 aromatic heterocycles. The number of anilines is 1. The van der Waals surface area contributed by atoms with E-state index in [0.29, 0.717) is 6.04 Å². The first-order valence-electron chi connectivity index (χ1n) is 8.06. The fourth-order valence-corrected chi connectivity index (χ4v) is 3.85.